The lowest BCUT2D eigenvalue weighted by Crippen LogP contribution is -1.81. The van der Waals surface area contributed by atoms with Gasteiger partial charge in [-0.2, -0.15) is 0 Å². The van der Waals surface area contributed by atoms with Gasteiger partial charge in [-0.25, -0.2) is 0 Å². The second kappa shape index (κ2) is 3.35. The molecule has 0 aliphatic rings. The summed E-state index contributed by atoms with van der Waals surface area (Å²) >= 11 is 0. The Kier molecular flexibility index (Phi) is 2.04. The summed E-state index contributed by atoms with van der Waals surface area (Å²) in [5, 5.41) is 0. The number of benzene rings is 1. The molecule has 0 aliphatic heterocycles. The quantitative estimate of drug-likeness (QED) is 0.698. The summed E-state index contributed by atoms with van der Waals surface area (Å²) in [4.78, 5) is 0. The van der Waals surface area contributed by atoms with Crippen LogP contribution in [0.3, 0.4) is 0 Å². The Morgan fingerprint density at radius 1 is 1.00 bits per heavy atom. The minimum absolute atomic E-state index is 0.868. The van der Waals surface area contributed by atoms with E-state index < -0.39 is 0 Å². The van der Waals surface area contributed by atoms with Crippen LogP contribution in [0.4, 0.5) is 0 Å². The summed E-state index contributed by atoms with van der Waals surface area (Å²) in [6.07, 6.45) is 3.39. The summed E-state index contributed by atoms with van der Waals surface area (Å²) in [5.41, 5.74) is 2.22. The van der Waals surface area contributed by atoms with E-state index in [1.807, 2.05) is 30.3 Å². The van der Waals surface area contributed by atoms with Crippen LogP contribution in [0.25, 0.3) is 11.1 Å². The lowest BCUT2D eigenvalue weighted by atomic mass is 10.1. The first kappa shape index (κ1) is 7.92. The van der Waals surface area contributed by atoms with Gasteiger partial charge in [-0.3, -0.25) is 0 Å². The summed E-state index contributed by atoms with van der Waals surface area (Å²) in [6.45, 7) is 0. The fourth-order valence-corrected chi connectivity index (χ4v) is 1.21. The maximum Gasteiger partial charge on any atom is 0.118 e. The average Bonchev–Trinajstić information content (AvgIpc) is 2.71. The Bertz CT molecular complexity index is 359. The van der Waals surface area contributed by atoms with Crippen molar-refractivity contribution in [3.63, 3.8) is 0 Å². The number of hydrogen-bond donors (Lipinski definition) is 0. The van der Waals surface area contributed by atoms with E-state index in [1.54, 1.807) is 19.6 Å². The Balaban J connectivity index is 2.33. The average molecular weight is 174 g/mol. The smallest absolute Gasteiger partial charge is 0.118 e. The molecule has 1 aromatic carbocycles. The molecule has 0 amide bonds. The second-order valence-corrected chi connectivity index (χ2v) is 2.74. The first-order valence-electron chi connectivity index (χ1n) is 4.07. The highest BCUT2D eigenvalue weighted by atomic mass is 16.5. The highest BCUT2D eigenvalue weighted by Crippen LogP contribution is 2.22. The van der Waals surface area contributed by atoms with Crippen LogP contribution in [-0.2, 0) is 0 Å². The molecule has 1 heterocycles. The maximum absolute atomic E-state index is 5.06. The van der Waals surface area contributed by atoms with Crippen molar-refractivity contribution in [2.45, 2.75) is 0 Å². The van der Waals surface area contributed by atoms with E-state index in [1.165, 1.54) is 0 Å². The van der Waals surface area contributed by atoms with Gasteiger partial charge >= 0.3 is 0 Å². The molecular formula is C11H10O2. The second-order valence-electron chi connectivity index (χ2n) is 2.74. The van der Waals surface area contributed by atoms with Crippen LogP contribution in [0, 0.1) is 0 Å². The molecule has 2 heteroatoms. The largest absolute Gasteiger partial charge is 0.497 e. The number of methoxy groups -OCH3 is 1. The first-order chi connectivity index (χ1) is 6.40. The van der Waals surface area contributed by atoms with Crippen LogP contribution in [0.2, 0.25) is 0 Å². The number of ether oxygens (including phenoxy) is 1. The van der Waals surface area contributed by atoms with Gasteiger partial charge in [0.15, 0.2) is 0 Å². The molecule has 2 rings (SSSR count). The minimum Gasteiger partial charge on any atom is -0.497 e. The Hall–Kier alpha value is -1.70. The van der Waals surface area contributed by atoms with E-state index in [2.05, 4.69) is 0 Å². The molecule has 0 atom stereocenters. The fourth-order valence-electron chi connectivity index (χ4n) is 1.21. The normalized spacial score (nSPS) is 9.92. The van der Waals surface area contributed by atoms with Gasteiger partial charge in [0.2, 0.25) is 0 Å². The third-order valence-corrected chi connectivity index (χ3v) is 1.94. The summed E-state index contributed by atoms with van der Waals surface area (Å²) in [6, 6.07) is 9.81. The predicted molar refractivity (Wildman–Crippen MR) is 50.7 cm³/mol. The Morgan fingerprint density at radius 2 is 1.77 bits per heavy atom. The summed E-state index contributed by atoms with van der Waals surface area (Å²) < 4.78 is 10.1. The van der Waals surface area contributed by atoms with Crippen molar-refractivity contribution in [1.29, 1.82) is 0 Å². The Labute approximate surface area is 76.8 Å². The van der Waals surface area contributed by atoms with Gasteiger partial charge in [-0.15, -0.1) is 0 Å². The van der Waals surface area contributed by atoms with Gasteiger partial charge in [-0.1, -0.05) is 12.1 Å². The third kappa shape index (κ3) is 1.56. The molecule has 0 saturated carbocycles. The topological polar surface area (TPSA) is 22.4 Å². The molecular weight excluding hydrogens is 164 g/mol. The Morgan fingerprint density at radius 3 is 2.31 bits per heavy atom. The molecule has 0 radical (unpaired) electrons. The van der Waals surface area contributed by atoms with Gasteiger partial charge in [0.25, 0.3) is 0 Å². The molecule has 0 aliphatic carbocycles. The van der Waals surface area contributed by atoms with Crippen LogP contribution in [0.15, 0.2) is 47.3 Å². The highest BCUT2D eigenvalue weighted by molar-refractivity contribution is 5.62. The van der Waals surface area contributed by atoms with Crippen LogP contribution < -0.4 is 4.74 Å². The van der Waals surface area contributed by atoms with Gasteiger partial charge in [-0.05, 0) is 23.8 Å². The zero-order chi connectivity index (χ0) is 9.10. The molecule has 0 spiro atoms. The SMILES string of the molecule is COc1ccc(-c2ccoc2)cc1. The molecule has 0 N–H and O–H groups in total. The standard InChI is InChI=1S/C11H10O2/c1-12-11-4-2-9(3-5-11)10-6-7-13-8-10/h2-8H,1H3. The summed E-state index contributed by atoms with van der Waals surface area (Å²) in [7, 11) is 1.66. The minimum atomic E-state index is 0.868. The fraction of sp³-hybridized carbons (Fsp3) is 0.0909. The number of furan rings is 1. The predicted octanol–water partition coefficient (Wildman–Crippen LogP) is 2.96. The van der Waals surface area contributed by atoms with E-state index in [-0.39, 0.29) is 0 Å². The third-order valence-electron chi connectivity index (χ3n) is 1.94. The van der Waals surface area contributed by atoms with E-state index >= 15 is 0 Å². The molecule has 1 aromatic heterocycles. The monoisotopic (exact) mass is 174 g/mol. The molecule has 2 nitrogen and oxygen atoms in total. The zero-order valence-electron chi connectivity index (χ0n) is 7.36. The molecule has 13 heavy (non-hydrogen) atoms. The van der Waals surface area contributed by atoms with Crippen molar-refractivity contribution >= 4 is 0 Å². The van der Waals surface area contributed by atoms with Crippen molar-refractivity contribution in [3.05, 3.63) is 42.9 Å². The van der Waals surface area contributed by atoms with E-state index in [0.29, 0.717) is 0 Å². The van der Waals surface area contributed by atoms with Gasteiger partial charge in [0.1, 0.15) is 5.75 Å². The van der Waals surface area contributed by atoms with Crippen LogP contribution >= 0.6 is 0 Å². The van der Waals surface area contributed by atoms with Crippen molar-refractivity contribution in [2.24, 2.45) is 0 Å². The maximum atomic E-state index is 5.06. The summed E-state index contributed by atoms with van der Waals surface area (Å²) in [5.74, 6) is 0.868. The lowest BCUT2D eigenvalue weighted by molar-refractivity contribution is 0.415. The highest BCUT2D eigenvalue weighted by Gasteiger charge is 1.98. The van der Waals surface area contributed by atoms with Crippen LogP contribution in [0.1, 0.15) is 0 Å². The van der Waals surface area contributed by atoms with Crippen LogP contribution in [0.5, 0.6) is 5.75 Å². The van der Waals surface area contributed by atoms with E-state index in [0.717, 1.165) is 16.9 Å². The molecule has 0 unspecified atom stereocenters. The molecule has 66 valence electrons. The van der Waals surface area contributed by atoms with E-state index in [9.17, 15) is 0 Å². The van der Waals surface area contributed by atoms with Gasteiger partial charge in [0.05, 0.1) is 19.6 Å². The lowest BCUT2D eigenvalue weighted by Gasteiger charge is -2.00. The molecule has 0 bridgehead atoms. The van der Waals surface area contributed by atoms with Crippen molar-refractivity contribution in [1.82, 2.24) is 0 Å². The molecule has 0 fully saturated rings. The van der Waals surface area contributed by atoms with Gasteiger partial charge < -0.3 is 9.15 Å². The first-order valence-corrected chi connectivity index (χ1v) is 4.07. The van der Waals surface area contributed by atoms with Crippen molar-refractivity contribution in [2.75, 3.05) is 7.11 Å². The van der Waals surface area contributed by atoms with Crippen molar-refractivity contribution < 1.29 is 9.15 Å². The number of hydrogen-bond acceptors (Lipinski definition) is 2. The van der Waals surface area contributed by atoms with Crippen molar-refractivity contribution in [3.8, 4) is 16.9 Å². The van der Waals surface area contributed by atoms with Gasteiger partial charge in [0, 0.05) is 5.56 Å². The molecule has 2 aromatic rings. The van der Waals surface area contributed by atoms with E-state index in [4.69, 9.17) is 9.15 Å². The zero-order valence-corrected chi connectivity index (χ0v) is 7.36. The molecule has 0 saturated heterocycles. The van der Waals surface area contributed by atoms with Crippen LogP contribution in [-0.4, -0.2) is 7.11 Å². The number of rotatable bonds is 2.